The number of Topliss-reactive ketones (excluding diaryl/α,β-unsaturated/α-hetero) is 2. The summed E-state index contributed by atoms with van der Waals surface area (Å²) in [6, 6.07) is 7.37. The second-order valence-electron chi connectivity index (χ2n) is 3.92. The van der Waals surface area contributed by atoms with Crippen LogP contribution < -0.4 is 0 Å². The molecule has 0 aromatic heterocycles. The number of benzene rings is 1. The minimum absolute atomic E-state index is 0.0545. The highest BCUT2D eigenvalue weighted by atomic mass is 79.9. The van der Waals surface area contributed by atoms with Crippen molar-refractivity contribution < 1.29 is 9.59 Å². The lowest BCUT2D eigenvalue weighted by Crippen LogP contribution is -2.32. The zero-order valence-electron chi connectivity index (χ0n) is 8.45. The average Bonchev–Trinajstić information content (AvgIpc) is 2.26. The van der Waals surface area contributed by atoms with Gasteiger partial charge in [-0.1, -0.05) is 45.7 Å². The van der Waals surface area contributed by atoms with Gasteiger partial charge in [0.1, 0.15) is 4.83 Å². The Bertz CT molecular complexity index is 426. The maximum atomic E-state index is 11.6. The van der Waals surface area contributed by atoms with E-state index in [-0.39, 0.29) is 17.5 Å². The molecule has 1 aliphatic carbocycles. The van der Waals surface area contributed by atoms with Gasteiger partial charge in [-0.15, -0.1) is 0 Å². The Morgan fingerprint density at radius 1 is 1.12 bits per heavy atom. The van der Waals surface area contributed by atoms with Gasteiger partial charge in [0.15, 0.2) is 11.6 Å². The predicted molar refractivity (Wildman–Crippen MR) is 66.2 cm³/mol. The van der Waals surface area contributed by atoms with Crippen LogP contribution in [0.5, 0.6) is 0 Å². The molecule has 1 aliphatic rings. The van der Waals surface area contributed by atoms with Gasteiger partial charge in [-0.25, -0.2) is 0 Å². The third-order valence-corrected chi connectivity index (χ3v) is 4.17. The third-order valence-electron chi connectivity index (χ3n) is 2.81. The zero-order valence-corrected chi connectivity index (χ0v) is 10.8. The predicted octanol–water partition coefficient (Wildman–Crippen LogP) is 3.12. The van der Waals surface area contributed by atoms with E-state index in [1.165, 1.54) is 0 Å². The fourth-order valence-electron chi connectivity index (χ4n) is 1.97. The number of ketones is 2. The quantitative estimate of drug-likeness (QED) is 0.590. The summed E-state index contributed by atoms with van der Waals surface area (Å²) in [7, 11) is 0. The maximum absolute atomic E-state index is 11.6. The maximum Gasteiger partial charge on any atom is 0.154 e. The first-order chi connectivity index (χ1) is 7.59. The molecule has 0 atom stereocenters. The summed E-state index contributed by atoms with van der Waals surface area (Å²) in [5.41, 5.74) is 0.894. The summed E-state index contributed by atoms with van der Waals surface area (Å²) < 4.78 is 0. The van der Waals surface area contributed by atoms with Gasteiger partial charge in [-0.05, 0) is 17.5 Å². The summed E-state index contributed by atoms with van der Waals surface area (Å²) in [6.07, 6.45) is 0.761. The van der Waals surface area contributed by atoms with Gasteiger partial charge in [-0.3, -0.25) is 9.59 Å². The summed E-state index contributed by atoms with van der Waals surface area (Å²) in [6.45, 7) is 0. The number of halogens is 2. The molecule has 0 aliphatic heterocycles. The van der Waals surface area contributed by atoms with Crippen molar-refractivity contribution >= 4 is 39.1 Å². The van der Waals surface area contributed by atoms with E-state index in [0.29, 0.717) is 17.9 Å². The minimum Gasteiger partial charge on any atom is -0.298 e. The molecular formula is C12H10BrClO2. The lowest BCUT2D eigenvalue weighted by Gasteiger charge is -2.24. The van der Waals surface area contributed by atoms with Gasteiger partial charge in [-0.2, -0.15) is 0 Å². The van der Waals surface area contributed by atoms with Crippen LogP contribution in [0.4, 0.5) is 0 Å². The van der Waals surface area contributed by atoms with E-state index >= 15 is 0 Å². The molecule has 0 radical (unpaired) electrons. The van der Waals surface area contributed by atoms with Crippen molar-refractivity contribution in [1.82, 2.24) is 0 Å². The molecule has 2 rings (SSSR count). The van der Waals surface area contributed by atoms with Crippen LogP contribution in [0.2, 0.25) is 5.02 Å². The molecule has 16 heavy (non-hydrogen) atoms. The molecule has 4 heteroatoms. The van der Waals surface area contributed by atoms with Gasteiger partial charge < -0.3 is 0 Å². The van der Waals surface area contributed by atoms with E-state index in [9.17, 15) is 9.59 Å². The van der Waals surface area contributed by atoms with Gasteiger partial charge in [0.2, 0.25) is 0 Å². The number of rotatable bonds is 1. The first-order valence-corrected chi connectivity index (χ1v) is 6.33. The first kappa shape index (κ1) is 11.8. The number of hydrogen-bond donors (Lipinski definition) is 0. The highest BCUT2D eigenvalue weighted by Gasteiger charge is 2.34. The molecule has 1 aromatic rings. The Labute approximate surface area is 107 Å². The lowest BCUT2D eigenvalue weighted by molar-refractivity contribution is -0.129. The Balaban J connectivity index is 2.27. The molecule has 84 valence electrons. The molecule has 1 aromatic carbocycles. The van der Waals surface area contributed by atoms with Crippen LogP contribution in [-0.2, 0) is 9.59 Å². The largest absolute Gasteiger partial charge is 0.298 e. The molecule has 1 fully saturated rings. The Hall–Kier alpha value is -0.670. The van der Waals surface area contributed by atoms with Crippen molar-refractivity contribution in [3.63, 3.8) is 0 Å². The van der Waals surface area contributed by atoms with Crippen LogP contribution in [0.3, 0.4) is 0 Å². The fraction of sp³-hybridized carbons (Fsp3) is 0.333. The minimum atomic E-state index is -0.619. The van der Waals surface area contributed by atoms with Crippen LogP contribution >= 0.6 is 27.5 Å². The topological polar surface area (TPSA) is 34.1 Å². The Morgan fingerprint density at radius 3 is 2.25 bits per heavy atom. The highest BCUT2D eigenvalue weighted by Crippen LogP contribution is 2.35. The molecule has 0 heterocycles. The van der Waals surface area contributed by atoms with Crippen LogP contribution in [-0.4, -0.2) is 16.4 Å². The average molecular weight is 302 g/mol. The third kappa shape index (κ3) is 2.20. The van der Waals surface area contributed by atoms with E-state index in [0.717, 1.165) is 5.56 Å². The molecule has 1 saturated carbocycles. The number of carbonyl (C=O) groups is 2. The van der Waals surface area contributed by atoms with E-state index in [1.54, 1.807) is 6.07 Å². The van der Waals surface area contributed by atoms with Crippen LogP contribution in [0.25, 0.3) is 0 Å². The van der Waals surface area contributed by atoms with E-state index in [4.69, 9.17) is 11.6 Å². The molecule has 0 amide bonds. The normalized spacial score (nSPS) is 25.9. The van der Waals surface area contributed by atoms with Crippen molar-refractivity contribution in [2.24, 2.45) is 0 Å². The Morgan fingerprint density at radius 2 is 1.69 bits per heavy atom. The van der Waals surface area contributed by atoms with Crippen LogP contribution in [0, 0.1) is 0 Å². The summed E-state index contributed by atoms with van der Waals surface area (Å²) in [4.78, 5) is 22.6. The molecule has 0 N–H and O–H groups in total. The highest BCUT2D eigenvalue weighted by molar-refractivity contribution is 9.10. The van der Waals surface area contributed by atoms with Gasteiger partial charge in [0.05, 0.1) is 0 Å². The summed E-state index contributed by atoms with van der Waals surface area (Å²) in [5.74, 6) is -0.176. The number of alkyl halides is 1. The number of carbonyl (C=O) groups excluding carboxylic acids is 2. The molecule has 0 saturated heterocycles. The van der Waals surface area contributed by atoms with Crippen molar-refractivity contribution in [2.45, 2.75) is 23.6 Å². The second kappa shape index (κ2) is 4.68. The van der Waals surface area contributed by atoms with Crippen molar-refractivity contribution in [3.05, 3.63) is 34.9 Å². The lowest BCUT2D eigenvalue weighted by atomic mass is 9.82. The van der Waals surface area contributed by atoms with Gasteiger partial charge in [0.25, 0.3) is 0 Å². The molecule has 0 bridgehead atoms. The molecule has 2 nitrogen and oxygen atoms in total. The number of hydrogen-bond acceptors (Lipinski definition) is 2. The molecular weight excluding hydrogens is 291 g/mol. The van der Waals surface area contributed by atoms with Gasteiger partial charge >= 0.3 is 0 Å². The molecule has 0 unspecified atom stereocenters. The van der Waals surface area contributed by atoms with Crippen molar-refractivity contribution in [1.29, 1.82) is 0 Å². The summed E-state index contributed by atoms with van der Waals surface area (Å²) >= 11 is 9.16. The molecule has 0 spiro atoms. The SMILES string of the molecule is O=C1CC(c2ccccc2Cl)CC(=O)C1Br. The second-order valence-corrected chi connectivity index (χ2v) is 5.24. The monoisotopic (exact) mass is 300 g/mol. The van der Waals surface area contributed by atoms with E-state index < -0.39 is 4.83 Å². The summed E-state index contributed by atoms with van der Waals surface area (Å²) in [5, 5.41) is 0.626. The Kier molecular flexibility index (Phi) is 3.45. The zero-order chi connectivity index (χ0) is 11.7. The van der Waals surface area contributed by atoms with E-state index in [2.05, 4.69) is 15.9 Å². The van der Waals surface area contributed by atoms with Crippen molar-refractivity contribution in [2.75, 3.05) is 0 Å². The van der Waals surface area contributed by atoms with Crippen molar-refractivity contribution in [3.8, 4) is 0 Å². The fourth-order valence-corrected chi connectivity index (χ4v) is 2.63. The standard InChI is InChI=1S/C12H10BrClO2/c13-12-10(15)5-7(6-11(12)16)8-3-1-2-4-9(8)14/h1-4,7,12H,5-6H2. The van der Waals surface area contributed by atoms with E-state index in [1.807, 2.05) is 18.2 Å². The first-order valence-electron chi connectivity index (χ1n) is 5.03. The smallest absolute Gasteiger partial charge is 0.154 e. The van der Waals surface area contributed by atoms with Crippen LogP contribution in [0.15, 0.2) is 24.3 Å². The van der Waals surface area contributed by atoms with Crippen LogP contribution in [0.1, 0.15) is 24.3 Å². The van der Waals surface area contributed by atoms with Gasteiger partial charge in [0, 0.05) is 17.9 Å².